The van der Waals surface area contributed by atoms with Crippen LogP contribution in [0.1, 0.15) is 0 Å². The Kier molecular flexibility index (Phi) is 4.74. The van der Waals surface area contributed by atoms with E-state index in [-0.39, 0.29) is 11.4 Å². The number of aromatic nitrogens is 2. The Morgan fingerprint density at radius 1 is 0.960 bits per heavy atom. The molecule has 0 spiro atoms. The van der Waals surface area contributed by atoms with Crippen molar-refractivity contribution in [3.8, 4) is 0 Å². The third kappa shape index (κ3) is 3.65. The second-order valence-electron chi connectivity index (χ2n) is 5.36. The summed E-state index contributed by atoms with van der Waals surface area (Å²) in [5.74, 6) is 0.980. The summed E-state index contributed by atoms with van der Waals surface area (Å²) in [5.41, 5.74) is -0.103. The zero-order valence-electron chi connectivity index (χ0n) is 12.9. The fourth-order valence-electron chi connectivity index (χ4n) is 2.62. The molecule has 25 heavy (non-hydrogen) atoms. The molecular weight excluding hydrogens is 396 g/mol. The van der Waals surface area contributed by atoms with Crippen molar-refractivity contribution in [2.24, 2.45) is 0 Å². The first-order valence-electron chi connectivity index (χ1n) is 7.36. The van der Waals surface area contributed by atoms with Gasteiger partial charge in [0.25, 0.3) is 5.69 Å². The molecule has 1 saturated heterocycles. The van der Waals surface area contributed by atoms with Crippen molar-refractivity contribution in [3.63, 3.8) is 0 Å². The quantitative estimate of drug-likeness (QED) is 0.558. The molecule has 1 aliphatic rings. The van der Waals surface area contributed by atoms with Gasteiger partial charge in [0.15, 0.2) is 0 Å². The number of pyridine rings is 2. The van der Waals surface area contributed by atoms with E-state index >= 15 is 0 Å². The highest BCUT2D eigenvalue weighted by atomic mass is 79.9. The molecule has 0 aromatic carbocycles. The molecule has 0 amide bonds. The minimum Gasteiger partial charge on any atom is -0.353 e. The van der Waals surface area contributed by atoms with E-state index in [1.807, 2.05) is 9.80 Å². The SMILES string of the molecule is O=[N+]([O-])c1ccc(N2CCN(c3ncc(Br)cc3[N+](=O)[O-])CC2)nc1. The maximum atomic E-state index is 11.2. The van der Waals surface area contributed by atoms with Crippen LogP contribution in [0, 0.1) is 20.2 Å². The van der Waals surface area contributed by atoms with Crippen molar-refractivity contribution in [1.82, 2.24) is 9.97 Å². The van der Waals surface area contributed by atoms with Gasteiger partial charge < -0.3 is 9.80 Å². The van der Waals surface area contributed by atoms with E-state index in [0.29, 0.717) is 42.3 Å². The average Bonchev–Trinajstić information content (AvgIpc) is 2.62. The summed E-state index contributed by atoms with van der Waals surface area (Å²) in [7, 11) is 0. The predicted octanol–water partition coefficient (Wildman–Crippen LogP) is 2.38. The maximum Gasteiger partial charge on any atom is 0.312 e. The summed E-state index contributed by atoms with van der Waals surface area (Å²) in [5, 5.41) is 21.9. The lowest BCUT2D eigenvalue weighted by molar-refractivity contribution is -0.385. The molecule has 3 rings (SSSR count). The highest BCUT2D eigenvalue weighted by Crippen LogP contribution is 2.29. The Labute approximate surface area is 150 Å². The van der Waals surface area contributed by atoms with Crippen molar-refractivity contribution in [1.29, 1.82) is 0 Å². The van der Waals surface area contributed by atoms with Crippen LogP contribution in [0.5, 0.6) is 0 Å². The first kappa shape index (κ1) is 17.0. The number of nitro groups is 2. The Bertz CT molecular complexity index is 807. The van der Waals surface area contributed by atoms with Crippen molar-refractivity contribution >= 4 is 38.9 Å². The number of hydrogen-bond donors (Lipinski definition) is 0. The average molecular weight is 409 g/mol. The van der Waals surface area contributed by atoms with Gasteiger partial charge in [-0.1, -0.05) is 0 Å². The standard InChI is InChI=1S/C14H13BrN6O4/c15-10-7-12(21(24)25)14(17-8-10)19-5-3-18(4-6-19)13-2-1-11(9-16-13)20(22)23/h1-2,7-9H,3-6H2. The third-order valence-corrected chi connectivity index (χ3v) is 4.29. The van der Waals surface area contributed by atoms with Crippen LogP contribution in [0.4, 0.5) is 23.0 Å². The van der Waals surface area contributed by atoms with Crippen molar-refractivity contribution in [2.75, 3.05) is 36.0 Å². The molecule has 11 heteroatoms. The molecule has 10 nitrogen and oxygen atoms in total. The molecule has 0 atom stereocenters. The smallest absolute Gasteiger partial charge is 0.312 e. The van der Waals surface area contributed by atoms with Crippen LogP contribution < -0.4 is 9.80 Å². The summed E-state index contributed by atoms with van der Waals surface area (Å²) >= 11 is 3.19. The van der Waals surface area contributed by atoms with Crippen LogP contribution in [0.3, 0.4) is 0 Å². The monoisotopic (exact) mass is 408 g/mol. The second-order valence-corrected chi connectivity index (χ2v) is 6.27. The zero-order chi connectivity index (χ0) is 18.0. The molecule has 0 bridgehead atoms. The Balaban J connectivity index is 1.72. The fourth-order valence-corrected chi connectivity index (χ4v) is 2.94. The highest BCUT2D eigenvalue weighted by Gasteiger charge is 2.26. The lowest BCUT2D eigenvalue weighted by Crippen LogP contribution is -2.47. The van der Waals surface area contributed by atoms with Crippen molar-refractivity contribution < 1.29 is 9.85 Å². The van der Waals surface area contributed by atoms with Crippen LogP contribution in [0.15, 0.2) is 35.1 Å². The van der Waals surface area contributed by atoms with E-state index < -0.39 is 9.85 Å². The van der Waals surface area contributed by atoms with Gasteiger partial charge in [-0.2, -0.15) is 0 Å². The zero-order valence-corrected chi connectivity index (χ0v) is 14.5. The minimum atomic E-state index is -0.493. The van der Waals surface area contributed by atoms with E-state index in [9.17, 15) is 20.2 Å². The molecule has 0 unspecified atom stereocenters. The number of rotatable bonds is 4. The fraction of sp³-hybridized carbons (Fsp3) is 0.286. The molecule has 2 aromatic heterocycles. The first-order valence-corrected chi connectivity index (χ1v) is 8.15. The molecule has 0 aliphatic carbocycles. The number of anilines is 2. The van der Waals surface area contributed by atoms with Crippen molar-refractivity contribution in [3.05, 3.63) is 55.3 Å². The summed E-state index contributed by atoms with van der Waals surface area (Å²) in [6.45, 7) is 2.24. The molecule has 3 heterocycles. The maximum absolute atomic E-state index is 11.2. The van der Waals surface area contributed by atoms with Gasteiger partial charge in [-0.05, 0) is 22.0 Å². The number of nitrogens with zero attached hydrogens (tertiary/aromatic N) is 6. The van der Waals surface area contributed by atoms with Crippen LogP contribution in [-0.2, 0) is 0 Å². The van der Waals surface area contributed by atoms with Crippen LogP contribution >= 0.6 is 15.9 Å². The number of piperazine rings is 1. The lowest BCUT2D eigenvalue weighted by Gasteiger charge is -2.35. The van der Waals surface area contributed by atoms with E-state index in [1.165, 1.54) is 24.5 Å². The molecule has 130 valence electrons. The Hall–Kier alpha value is -2.82. The van der Waals surface area contributed by atoms with Gasteiger partial charge in [0.1, 0.15) is 12.0 Å². The molecule has 0 radical (unpaired) electrons. The number of hydrogen-bond acceptors (Lipinski definition) is 8. The summed E-state index contributed by atoms with van der Waals surface area (Å²) in [6, 6.07) is 4.45. The van der Waals surface area contributed by atoms with Crippen molar-refractivity contribution in [2.45, 2.75) is 0 Å². The minimum absolute atomic E-state index is 0.0451. The first-order chi connectivity index (χ1) is 12.0. The number of halogens is 1. The predicted molar refractivity (Wildman–Crippen MR) is 93.9 cm³/mol. The third-order valence-electron chi connectivity index (χ3n) is 3.86. The van der Waals surface area contributed by atoms with E-state index in [4.69, 9.17) is 0 Å². The van der Waals surface area contributed by atoms with Crippen LogP contribution in [-0.4, -0.2) is 46.0 Å². The largest absolute Gasteiger partial charge is 0.353 e. The van der Waals surface area contributed by atoms with E-state index in [1.54, 1.807) is 6.07 Å². The molecular formula is C14H13BrN6O4. The molecule has 0 N–H and O–H groups in total. The van der Waals surface area contributed by atoms with Gasteiger partial charge in [0.2, 0.25) is 5.82 Å². The van der Waals surface area contributed by atoms with Gasteiger partial charge in [-0.15, -0.1) is 0 Å². The second kappa shape index (κ2) is 6.97. The molecule has 1 fully saturated rings. The van der Waals surface area contributed by atoms with Crippen LogP contribution in [0.2, 0.25) is 0 Å². The molecule has 0 saturated carbocycles. The Morgan fingerprint density at radius 2 is 1.64 bits per heavy atom. The lowest BCUT2D eigenvalue weighted by atomic mass is 10.2. The summed E-state index contributed by atoms with van der Waals surface area (Å²) in [6.07, 6.45) is 2.76. The van der Waals surface area contributed by atoms with Gasteiger partial charge >= 0.3 is 5.69 Å². The molecule has 1 aliphatic heterocycles. The van der Waals surface area contributed by atoms with Gasteiger partial charge in [0.05, 0.1) is 9.85 Å². The van der Waals surface area contributed by atoms with Crippen LogP contribution in [0.25, 0.3) is 0 Å². The topological polar surface area (TPSA) is 119 Å². The van der Waals surface area contributed by atoms with Gasteiger partial charge in [-0.3, -0.25) is 20.2 Å². The Morgan fingerprint density at radius 3 is 2.20 bits per heavy atom. The normalized spacial score (nSPS) is 14.4. The molecule has 2 aromatic rings. The summed E-state index contributed by atoms with van der Waals surface area (Å²) in [4.78, 5) is 33.1. The van der Waals surface area contributed by atoms with E-state index in [2.05, 4.69) is 25.9 Å². The summed E-state index contributed by atoms with van der Waals surface area (Å²) < 4.78 is 0.552. The van der Waals surface area contributed by atoms with E-state index in [0.717, 1.165) is 0 Å². The highest BCUT2D eigenvalue weighted by molar-refractivity contribution is 9.10. The van der Waals surface area contributed by atoms with Gasteiger partial charge in [-0.25, -0.2) is 9.97 Å². The van der Waals surface area contributed by atoms with Gasteiger partial charge in [0, 0.05) is 49.0 Å².